The van der Waals surface area contributed by atoms with Gasteiger partial charge >= 0.3 is 0 Å². The van der Waals surface area contributed by atoms with E-state index in [4.69, 9.17) is 0 Å². The maximum atomic E-state index is 11.7. The minimum atomic E-state index is -0.295. The van der Waals surface area contributed by atoms with Gasteiger partial charge in [-0.2, -0.15) is 5.10 Å². The van der Waals surface area contributed by atoms with Gasteiger partial charge in [-0.1, -0.05) is 0 Å². The van der Waals surface area contributed by atoms with Gasteiger partial charge in [-0.05, 0) is 40.8 Å². The van der Waals surface area contributed by atoms with Crippen LogP contribution in [0, 0.1) is 3.57 Å². The zero-order valence-electron chi connectivity index (χ0n) is 8.07. The molecule has 0 fully saturated rings. The highest BCUT2D eigenvalue weighted by atomic mass is 127. The molecular formula is C10H8IN3O2. The lowest BCUT2D eigenvalue weighted by atomic mass is 10.2. The number of rotatable bonds is 2. The SMILES string of the molecule is O=C(Nc1ccn[nH]1)c1ccc(I)c(O)c1. The molecule has 0 atom stereocenters. The molecule has 0 aliphatic rings. The summed E-state index contributed by atoms with van der Waals surface area (Å²) in [5, 5.41) is 18.4. The summed E-state index contributed by atoms with van der Waals surface area (Å²) in [5.74, 6) is 0.317. The molecule has 2 rings (SSSR count). The van der Waals surface area contributed by atoms with E-state index in [0.29, 0.717) is 15.0 Å². The summed E-state index contributed by atoms with van der Waals surface area (Å²) in [5.41, 5.74) is 0.396. The fourth-order valence-electron chi connectivity index (χ4n) is 1.17. The van der Waals surface area contributed by atoms with Gasteiger partial charge in [0.25, 0.3) is 5.91 Å². The highest BCUT2D eigenvalue weighted by Crippen LogP contribution is 2.20. The molecule has 0 aliphatic heterocycles. The fourth-order valence-corrected chi connectivity index (χ4v) is 1.51. The van der Waals surface area contributed by atoms with Crippen molar-refractivity contribution in [3.8, 4) is 5.75 Å². The number of hydrogen-bond acceptors (Lipinski definition) is 3. The van der Waals surface area contributed by atoms with Gasteiger partial charge in [-0.25, -0.2) is 0 Å². The molecule has 16 heavy (non-hydrogen) atoms. The number of phenolic OH excluding ortho intramolecular Hbond substituents is 1. The number of amides is 1. The van der Waals surface area contributed by atoms with E-state index in [9.17, 15) is 9.90 Å². The third-order valence-electron chi connectivity index (χ3n) is 1.96. The first-order valence-corrected chi connectivity index (χ1v) is 5.54. The van der Waals surface area contributed by atoms with Gasteiger partial charge in [0.05, 0.1) is 9.77 Å². The largest absolute Gasteiger partial charge is 0.507 e. The Balaban J connectivity index is 2.18. The molecule has 0 aliphatic carbocycles. The van der Waals surface area contributed by atoms with Crippen molar-refractivity contribution in [3.05, 3.63) is 39.6 Å². The van der Waals surface area contributed by atoms with Crippen LogP contribution in [0.1, 0.15) is 10.4 Å². The molecule has 3 N–H and O–H groups in total. The van der Waals surface area contributed by atoms with Gasteiger partial charge in [0.15, 0.2) is 0 Å². The number of H-pyrrole nitrogens is 1. The molecule has 0 bridgehead atoms. The molecule has 5 nitrogen and oxygen atoms in total. The smallest absolute Gasteiger partial charge is 0.256 e. The second kappa shape index (κ2) is 4.52. The quantitative estimate of drug-likeness (QED) is 0.737. The maximum Gasteiger partial charge on any atom is 0.256 e. The summed E-state index contributed by atoms with van der Waals surface area (Å²) < 4.78 is 0.704. The van der Waals surface area contributed by atoms with Crippen LogP contribution in [0.3, 0.4) is 0 Å². The topological polar surface area (TPSA) is 78.0 Å². The number of halogens is 1. The number of anilines is 1. The first-order valence-electron chi connectivity index (χ1n) is 4.46. The summed E-state index contributed by atoms with van der Waals surface area (Å²) >= 11 is 1.99. The van der Waals surface area contributed by atoms with Crippen molar-refractivity contribution in [3.63, 3.8) is 0 Å². The molecule has 0 unspecified atom stereocenters. The van der Waals surface area contributed by atoms with Crippen molar-refractivity contribution >= 4 is 34.3 Å². The van der Waals surface area contributed by atoms with E-state index in [0.717, 1.165) is 0 Å². The zero-order valence-corrected chi connectivity index (χ0v) is 10.2. The van der Waals surface area contributed by atoms with Crippen molar-refractivity contribution in [1.82, 2.24) is 10.2 Å². The third-order valence-corrected chi connectivity index (χ3v) is 2.87. The highest BCUT2D eigenvalue weighted by Gasteiger charge is 2.08. The first-order chi connectivity index (χ1) is 7.66. The van der Waals surface area contributed by atoms with Crippen molar-refractivity contribution in [2.75, 3.05) is 5.32 Å². The van der Waals surface area contributed by atoms with Crippen molar-refractivity contribution < 1.29 is 9.90 Å². The summed E-state index contributed by atoms with van der Waals surface area (Å²) in [6.07, 6.45) is 1.54. The van der Waals surface area contributed by atoms with E-state index >= 15 is 0 Å². The monoisotopic (exact) mass is 329 g/mol. The van der Waals surface area contributed by atoms with E-state index in [1.165, 1.54) is 6.07 Å². The molecule has 82 valence electrons. The Kier molecular flexibility index (Phi) is 3.09. The molecule has 0 saturated carbocycles. The minimum Gasteiger partial charge on any atom is -0.507 e. The van der Waals surface area contributed by atoms with E-state index in [-0.39, 0.29) is 11.7 Å². The third kappa shape index (κ3) is 2.32. The van der Waals surface area contributed by atoms with Crippen LogP contribution in [-0.2, 0) is 0 Å². The van der Waals surface area contributed by atoms with E-state index in [1.54, 1.807) is 24.4 Å². The first kappa shape index (κ1) is 10.9. The molecule has 0 spiro atoms. The van der Waals surface area contributed by atoms with Gasteiger partial charge in [0.1, 0.15) is 11.6 Å². The average molecular weight is 329 g/mol. The number of aromatic nitrogens is 2. The van der Waals surface area contributed by atoms with Gasteiger partial charge < -0.3 is 10.4 Å². The van der Waals surface area contributed by atoms with Gasteiger partial charge in [0.2, 0.25) is 0 Å². The predicted molar refractivity (Wildman–Crippen MR) is 67.4 cm³/mol. The number of aromatic hydroxyl groups is 1. The number of aromatic amines is 1. The molecule has 0 radical (unpaired) electrons. The Hall–Kier alpha value is -1.57. The maximum absolute atomic E-state index is 11.7. The van der Waals surface area contributed by atoms with Crippen LogP contribution in [0.4, 0.5) is 5.82 Å². The number of hydrogen-bond donors (Lipinski definition) is 3. The molecule has 0 saturated heterocycles. The molecule has 6 heteroatoms. The number of nitrogens with zero attached hydrogens (tertiary/aromatic N) is 1. The van der Waals surface area contributed by atoms with Crippen molar-refractivity contribution in [2.45, 2.75) is 0 Å². The van der Waals surface area contributed by atoms with Gasteiger partial charge in [0, 0.05) is 11.6 Å². The van der Waals surface area contributed by atoms with Crippen LogP contribution in [-0.4, -0.2) is 21.2 Å². The van der Waals surface area contributed by atoms with Gasteiger partial charge in [-0.15, -0.1) is 0 Å². The van der Waals surface area contributed by atoms with Gasteiger partial charge in [-0.3, -0.25) is 9.89 Å². The van der Waals surface area contributed by atoms with Crippen LogP contribution in [0.5, 0.6) is 5.75 Å². The predicted octanol–water partition coefficient (Wildman–Crippen LogP) is 1.97. The Bertz CT molecular complexity index is 511. The number of carbonyl (C=O) groups excluding carboxylic acids is 1. The van der Waals surface area contributed by atoms with Crippen LogP contribution in [0.25, 0.3) is 0 Å². The second-order valence-corrected chi connectivity index (χ2v) is 4.25. The number of nitrogens with one attached hydrogen (secondary N) is 2. The normalized spacial score (nSPS) is 10.1. The standard InChI is InChI=1S/C10H8IN3O2/c11-7-2-1-6(5-8(7)15)10(16)13-9-3-4-12-14-9/h1-5,15H,(H2,12,13,14,16). The summed E-state index contributed by atoms with van der Waals surface area (Å²) in [7, 11) is 0. The average Bonchev–Trinajstić information content (AvgIpc) is 2.74. The second-order valence-electron chi connectivity index (χ2n) is 3.09. The van der Waals surface area contributed by atoms with Crippen molar-refractivity contribution in [1.29, 1.82) is 0 Å². The Labute approximate surface area is 105 Å². The zero-order chi connectivity index (χ0) is 11.5. The van der Waals surface area contributed by atoms with Crippen LogP contribution in [0.15, 0.2) is 30.5 Å². The van der Waals surface area contributed by atoms with Crippen molar-refractivity contribution in [2.24, 2.45) is 0 Å². The van der Waals surface area contributed by atoms with E-state index in [2.05, 4.69) is 15.5 Å². The van der Waals surface area contributed by atoms with E-state index in [1.807, 2.05) is 22.6 Å². The molecule has 1 aromatic heterocycles. The summed E-state index contributed by atoms with van der Waals surface area (Å²) in [6.45, 7) is 0. The van der Waals surface area contributed by atoms with Crippen LogP contribution >= 0.6 is 22.6 Å². The molecule has 2 aromatic rings. The number of carbonyl (C=O) groups is 1. The fraction of sp³-hybridized carbons (Fsp3) is 0. The molecule has 1 amide bonds. The van der Waals surface area contributed by atoms with Crippen LogP contribution < -0.4 is 5.32 Å². The van der Waals surface area contributed by atoms with E-state index < -0.39 is 0 Å². The highest BCUT2D eigenvalue weighted by molar-refractivity contribution is 14.1. The lowest BCUT2D eigenvalue weighted by Crippen LogP contribution is -2.12. The number of phenols is 1. The number of benzene rings is 1. The molecule has 1 aromatic carbocycles. The lowest BCUT2D eigenvalue weighted by molar-refractivity contribution is 0.102. The molecular weight excluding hydrogens is 321 g/mol. The Morgan fingerprint density at radius 3 is 2.88 bits per heavy atom. The molecule has 1 heterocycles. The lowest BCUT2D eigenvalue weighted by Gasteiger charge is -2.03. The van der Waals surface area contributed by atoms with Crippen LogP contribution in [0.2, 0.25) is 0 Å². The Morgan fingerprint density at radius 2 is 2.25 bits per heavy atom. The minimum absolute atomic E-state index is 0.0952. The summed E-state index contributed by atoms with van der Waals surface area (Å²) in [4.78, 5) is 11.7. The Morgan fingerprint density at radius 1 is 1.44 bits per heavy atom. The summed E-state index contributed by atoms with van der Waals surface area (Å²) in [6, 6.07) is 6.39.